The zero-order valence-corrected chi connectivity index (χ0v) is 13.0. The van der Waals surface area contributed by atoms with Crippen LogP contribution in [0.15, 0.2) is 12.1 Å². The van der Waals surface area contributed by atoms with Crippen molar-refractivity contribution < 1.29 is 31.4 Å². The average Bonchev–Trinajstić information content (AvgIpc) is 2.59. The molecule has 134 valence electrons. The van der Waals surface area contributed by atoms with Crippen LogP contribution in [0.5, 0.6) is 0 Å². The van der Waals surface area contributed by atoms with E-state index in [1.54, 1.807) is 0 Å². The van der Waals surface area contributed by atoms with Gasteiger partial charge in [0.05, 0.1) is 19.1 Å². The third-order valence-corrected chi connectivity index (χ3v) is 4.94. The molecule has 0 bridgehead atoms. The first-order valence-corrected chi connectivity index (χ1v) is 8.11. The second-order valence-electron chi connectivity index (χ2n) is 6.54. The van der Waals surface area contributed by atoms with Crippen LogP contribution in [0.1, 0.15) is 37.2 Å². The second-order valence-corrected chi connectivity index (χ2v) is 6.54. The zero-order valence-electron chi connectivity index (χ0n) is 13.0. The van der Waals surface area contributed by atoms with E-state index in [-0.39, 0.29) is 25.0 Å². The summed E-state index contributed by atoms with van der Waals surface area (Å²) >= 11 is 0. The highest BCUT2D eigenvalue weighted by Crippen LogP contribution is 2.39. The number of benzene rings is 1. The Labute approximate surface area is 136 Å². The maximum absolute atomic E-state index is 13.3. The first-order valence-electron chi connectivity index (χ1n) is 8.11. The summed E-state index contributed by atoms with van der Waals surface area (Å²) in [6.07, 6.45) is -0.217. The highest BCUT2D eigenvalue weighted by molar-refractivity contribution is 5.23. The van der Waals surface area contributed by atoms with Crippen molar-refractivity contribution in [1.29, 1.82) is 0 Å². The van der Waals surface area contributed by atoms with Crippen molar-refractivity contribution >= 4 is 0 Å². The van der Waals surface area contributed by atoms with Crippen molar-refractivity contribution in [3.63, 3.8) is 0 Å². The molecular weight excluding hydrogens is 331 g/mol. The molecule has 1 saturated carbocycles. The van der Waals surface area contributed by atoms with E-state index in [4.69, 9.17) is 9.47 Å². The maximum Gasteiger partial charge on any atom is 0.245 e. The molecule has 24 heavy (non-hydrogen) atoms. The quantitative estimate of drug-likeness (QED) is 0.584. The Morgan fingerprint density at radius 3 is 1.92 bits per heavy atom. The molecule has 1 aliphatic carbocycles. The summed E-state index contributed by atoms with van der Waals surface area (Å²) in [4.78, 5) is 0. The molecule has 0 spiro atoms. The third-order valence-electron chi connectivity index (χ3n) is 4.94. The van der Waals surface area contributed by atoms with Crippen molar-refractivity contribution in [3.8, 4) is 0 Å². The molecule has 3 rings (SSSR count). The third kappa shape index (κ3) is 3.72. The Bertz CT molecular complexity index is 541. The van der Waals surface area contributed by atoms with Crippen LogP contribution in [-0.2, 0) is 9.47 Å². The van der Waals surface area contributed by atoms with Crippen molar-refractivity contribution in [1.82, 2.24) is 0 Å². The molecule has 0 aromatic heterocycles. The number of hydrogen-bond donors (Lipinski definition) is 0. The lowest BCUT2D eigenvalue weighted by Gasteiger charge is -2.37. The Kier molecular flexibility index (Phi) is 5.39. The molecule has 1 aromatic rings. The van der Waals surface area contributed by atoms with Gasteiger partial charge in [-0.25, -0.2) is 22.0 Å². The highest BCUT2D eigenvalue weighted by atomic mass is 19.3. The van der Waals surface area contributed by atoms with Gasteiger partial charge < -0.3 is 9.47 Å². The van der Waals surface area contributed by atoms with Gasteiger partial charge in [0.1, 0.15) is 0 Å². The molecule has 0 unspecified atom stereocenters. The van der Waals surface area contributed by atoms with Gasteiger partial charge in [0, 0.05) is 5.92 Å². The summed E-state index contributed by atoms with van der Waals surface area (Å²) in [6, 6.07) is 2.09. The largest absolute Gasteiger partial charge is 0.352 e. The first-order chi connectivity index (χ1) is 11.5. The van der Waals surface area contributed by atoms with Crippen molar-refractivity contribution in [2.24, 2.45) is 11.8 Å². The van der Waals surface area contributed by atoms with Crippen LogP contribution < -0.4 is 0 Å². The van der Waals surface area contributed by atoms with Gasteiger partial charge in [-0.3, -0.25) is 0 Å². The van der Waals surface area contributed by atoms with Crippen LogP contribution in [0.4, 0.5) is 22.0 Å². The Morgan fingerprint density at radius 1 is 0.875 bits per heavy atom. The fourth-order valence-corrected chi connectivity index (χ4v) is 3.49. The Balaban J connectivity index is 1.55. The minimum atomic E-state index is -2.45. The maximum atomic E-state index is 13.3. The van der Waals surface area contributed by atoms with Crippen LogP contribution in [0, 0.1) is 29.3 Å². The number of ether oxygens (including phenoxy) is 2. The van der Waals surface area contributed by atoms with E-state index in [0.717, 1.165) is 12.1 Å². The molecule has 0 radical (unpaired) electrons. The van der Waals surface area contributed by atoms with Gasteiger partial charge >= 0.3 is 0 Å². The van der Waals surface area contributed by atoms with E-state index in [2.05, 4.69) is 0 Å². The summed E-state index contributed by atoms with van der Waals surface area (Å²) in [6.45, 7) is -0.0344. The van der Waals surface area contributed by atoms with E-state index in [0.29, 0.717) is 31.2 Å². The summed E-state index contributed by atoms with van der Waals surface area (Å²) in [5.74, 6) is -4.67. The van der Waals surface area contributed by atoms with Crippen LogP contribution >= 0.6 is 0 Å². The zero-order chi connectivity index (χ0) is 17.3. The molecule has 1 aliphatic heterocycles. The number of rotatable bonds is 3. The summed E-state index contributed by atoms with van der Waals surface area (Å²) < 4.78 is 75.7. The van der Waals surface area contributed by atoms with Gasteiger partial charge in [-0.1, -0.05) is 0 Å². The standard InChI is InChI=1S/C17H19F5O2/c18-13-5-11(6-14(19)15(13)20)9-1-3-10(4-2-9)17-23-7-12(8-24-17)16(21)22/h5-6,9-10,12,16-17H,1-4,7-8H2. The van der Waals surface area contributed by atoms with Gasteiger partial charge in [-0.2, -0.15) is 0 Å². The molecule has 2 aliphatic rings. The van der Waals surface area contributed by atoms with Gasteiger partial charge in [0.25, 0.3) is 0 Å². The average molecular weight is 350 g/mol. The summed E-state index contributed by atoms with van der Waals surface area (Å²) in [5.41, 5.74) is 0.452. The highest BCUT2D eigenvalue weighted by Gasteiger charge is 2.35. The van der Waals surface area contributed by atoms with Crippen molar-refractivity contribution in [2.75, 3.05) is 13.2 Å². The molecule has 1 aromatic carbocycles. The second kappa shape index (κ2) is 7.35. The van der Waals surface area contributed by atoms with E-state index < -0.39 is 36.1 Å². The summed E-state index contributed by atoms with van der Waals surface area (Å²) in [5, 5.41) is 0. The molecule has 1 saturated heterocycles. The Hall–Kier alpha value is -1.21. The van der Waals surface area contributed by atoms with Crippen LogP contribution in [0.3, 0.4) is 0 Å². The minimum absolute atomic E-state index is 0.0172. The van der Waals surface area contributed by atoms with Crippen molar-refractivity contribution in [2.45, 2.75) is 44.3 Å². The van der Waals surface area contributed by atoms with Crippen LogP contribution in [0.25, 0.3) is 0 Å². The van der Waals surface area contributed by atoms with Crippen LogP contribution in [0.2, 0.25) is 0 Å². The molecule has 1 heterocycles. The normalized spacial score (nSPS) is 31.4. The van der Waals surface area contributed by atoms with E-state index in [9.17, 15) is 22.0 Å². The van der Waals surface area contributed by atoms with Crippen LogP contribution in [-0.4, -0.2) is 25.9 Å². The monoisotopic (exact) mass is 350 g/mol. The smallest absolute Gasteiger partial charge is 0.245 e. The fourth-order valence-electron chi connectivity index (χ4n) is 3.49. The van der Waals surface area contributed by atoms with E-state index in [1.807, 2.05) is 0 Å². The number of alkyl halides is 2. The van der Waals surface area contributed by atoms with Crippen molar-refractivity contribution in [3.05, 3.63) is 35.1 Å². The van der Waals surface area contributed by atoms with E-state index in [1.165, 1.54) is 0 Å². The lowest BCUT2D eigenvalue weighted by Crippen LogP contribution is -2.40. The first kappa shape index (κ1) is 17.6. The lowest BCUT2D eigenvalue weighted by atomic mass is 9.78. The predicted octanol–water partition coefficient (Wildman–Crippen LogP) is 4.63. The molecule has 7 heteroatoms. The van der Waals surface area contributed by atoms with Gasteiger partial charge in [0.15, 0.2) is 23.7 Å². The lowest BCUT2D eigenvalue weighted by molar-refractivity contribution is -0.242. The van der Waals surface area contributed by atoms with E-state index >= 15 is 0 Å². The molecule has 0 amide bonds. The molecule has 2 fully saturated rings. The molecule has 0 atom stereocenters. The SMILES string of the molecule is Fc1cc(C2CCC(C3OCC(C(F)F)CO3)CC2)cc(F)c1F. The van der Waals surface area contributed by atoms with Gasteiger partial charge in [0.2, 0.25) is 6.43 Å². The fraction of sp³-hybridized carbons (Fsp3) is 0.647. The minimum Gasteiger partial charge on any atom is -0.352 e. The predicted molar refractivity (Wildman–Crippen MR) is 76.2 cm³/mol. The number of hydrogen-bond acceptors (Lipinski definition) is 2. The molecule has 2 nitrogen and oxygen atoms in total. The molecular formula is C17H19F5O2. The summed E-state index contributed by atoms with van der Waals surface area (Å²) in [7, 11) is 0. The Morgan fingerprint density at radius 2 is 1.42 bits per heavy atom. The molecule has 0 N–H and O–H groups in total. The van der Waals surface area contributed by atoms with Gasteiger partial charge in [-0.15, -0.1) is 0 Å². The number of halogens is 5. The van der Waals surface area contributed by atoms with Gasteiger partial charge in [-0.05, 0) is 49.3 Å². The topological polar surface area (TPSA) is 18.5 Å².